The molecule has 10 heteroatoms. The number of allylic oxidation sites excluding steroid dienone is 1. The summed E-state index contributed by atoms with van der Waals surface area (Å²) in [5.41, 5.74) is 2.07. The monoisotopic (exact) mass is 438 g/mol. The predicted octanol–water partition coefficient (Wildman–Crippen LogP) is -1.27. The molecule has 0 spiro atoms. The van der Waals surface area contributed by atoms with Crippen molar-refractivity contribution in [2.45, 2.75) is 56.3 Å². The Bertz CT molecular complexity index is 844. The van der Waals surface area contributed by atoms with Crippen LogP contribution in [0.4, 0.5) is 0 Å². The van der Waals surface area contributed by atoms with E-state index in [2.05, 4.69) is 10.6 Å². The second-order valence-corrected chi connectivity index (χ2v) is 7.81. The molecule has 0 saturated carbocycles. The van der Waals surface area contributed by atoms with Crippen LogP contribution in [0.5, 0.6) is 0 Å². The highest BCUT2D eigenvalue weighted by molar-refractivity contribution is 7.79. The van der Waals surface area contributed by atoms with Gasteiger partial charge >= 0.3 is 0 Å². The molecule has 1 saturated heterocycles. The van der Waals surface area contributed by atoms with Crippen molar-refractivity contribution in [3.8, 4) is 0 Å². The second kappa shape index (κ2) is 8.77. The van der Waals surface area contributed by atoms with Crippen molar-refractivity contribution in [3.63, 3.8) is 0 Å². The third-order valence-electron chi connectivity index (χ3n) is 5.55. The van der Waals surface area contributed by atoms with Crippen molar-refractivity contribution in [3.05, 3.63) is 46.7 Å². The number of nitrogens with one attached hydrogen (secondary N) is 2. The second-order valence-electron chi connectivity index (χ2n) is 7.54. The molecule has 2 aliphatic rings. The lowest BCUT2D eigenvalue weighted by Gasteiger charge is -2.45. The molecule has 7 N–H and O–H groups in total. The van der Waals surface area contributed by atoms with Gasteiger partial charge in [0.05, 0.1) is 12.6 Å². The van der Waals surface area contributed by atoms with Gasteiger partial charge in [0.1, 0.15) is 30.6 Å². The van der Waals surface area contributed by atoms with E-state index >= 15 is 0 Å². The van der Waals surface area contributed by atoms with Crippen LogP contribution < -0.4 is 10.6 Å². The number of aliphatic hydroxyl groups excluding tert-OH is 4. The number of hydrogen-bond donors (Lipinski definition) is 7. The summed E-state index contributed by atoms with van der Waals surface area (Å²) >= 11 is 5.01. The number of carbonyl (C=O) groups is 1. The predicted molar refractivity (Wildman–Crippen MR) is 110 cm³/mol. The van der Waals surface area contributed by atoms with Crippen molar-refractivity contribution < 1.29 is 35.1 Å². The molecule has 30 heavy (non-hydrogen) atoms. The number of ketones is 1. The molecule has 0 bridgehead atoms. The molecule has 2 unspecified atom stereocenters. The molecule has 0 aliphatic carbocycles. The van der Waals surface area contributed by atoms with Gasteiger partial charge in [0.2, 0.25) is 5.79 Å². The third-order valence-corrected chi connectivity index (χ3v) is 5.82. The van der Waals surface area contributed by atoms with Gasteiger partial charge in [-0.2, -0.15) is 0 Å². The lowest BCUT2D eigenvalue weighted by Crippen LogP contribution is -2.63. The highest BCUT2D eigenvalue weighted by atomic mass is 32.1. The Morgan fingerprint density at radius 3 is 2.40 bits per heavy atom. The molecule has 1 aromatic carbocycles. The first-order valence-corrected chi connectivity index (χ1v) is 9.96. The van der Waals surface area contributed by atoms with Crippen LogP contribution in [0.2, 0.25) is 0 Å². The Hall–Kier alpha value is -1.76. The van der Waals surface area contributed by atoms with Crippen LogP contribution in [0.25, 0.3) is 0 Å². The molecule has 7 atom stereocenters. The Balaban J connectivity index is 1.95. The minimum atomic E-state index is -2.34. The molecule has 3 rings (SSSR count). The Kier molecular flexibility index (Phi) is 6.70. The van der Waals surface area contributed by atoms with Crippen LogP contribution in [0, 0.1) is 0 Å². The highest BCUT2D eigenvalue weighted by Gasteiger charge is 2.53. The largest absolute Gasteiger partial charge is 0.394 e. The van der Waals surface area contributed by atoms with Gasteiger partial charge in [0.25, 0.3) is 0 Å². The van der Waals surface area contributed by atoms with E-state index in [9.17, 15) is 30.3 Å². The van der Waals surface area contributed by atoms with Crippen molar-refractivity contribution >= 4 is 23.4 Å². The molecule has 1 aromatic rings. The quantitative estimate of drug-likeness (QED) is 0.277. The van der Waals surface area contributed by atoms with Crippen LogP contribution in [-0.4, -0.2) is 73.9 Å². The summed E-state index contributed by atoms with van der Waals surface area (Å²) in [6.07, 6.45) is -6.71. The average molecular weight is 439 g/mol. The Labute approximate surface area is 179 Å². The number of benzene rings is 1. The van der Waals surface area contributed by atoms with Gasteiger partial charge in [-0.3, -0.25) is 10.1 Å². The number of aliphatic hydroxyl groups is 5. The molecule has 164 valence electrons. The zero-order valence-corrected chi connectivity index (χ0v) is 17.3. The van der Waals surface area contributed by atoms with Crippen molar-refractivity contribution in [1.82, 2.24) is 10.6 Å². The van der Waals surface area contributed by atoms with Gasteiger partial charge in [-0.1, -0.05) is 36.5 Å². The number of hydrogen-bond acceptors (Lipinski definition) is 10. The Morgan fingerprint density at radius 1 is 1.23 bits per heavy atom. The van der Waals surface area contributed by atoms with Crippen LogP contribution in [-0.2, 0) is 15.3 Å². The molecule has 9 nitrogen and oxygen atoms in total. The minimum Gasteiger partial charge on any atom is -0.394 e. The first-order valence-electron chi connectivity index (χ1n) is 9.49. The first-order chi connectivity index (χ1) is 14.1. The number of rotatable bonds is 5. The van der Waals surface area contributed by atoms with E-state index in [1.54, 1.807) is 19.1 Å². The number of carbonyl (C=O) groups excluding carboxylic acids is 1. The van der Waals surface area contributed by atoms with Gasteiger partial charge < -0.3 is 35.6 Å². The molecule has 0 amide bonds. The highest BCUT2D eigenvalue weighted by Crippen LogP contribution is 2.37. The van der Waals surface area contributed by atoms with E-state index in [0.29, 0.717) is 16.8 Å². The number of ether oxygens (including phenoxy) is 1. The van der Waals surface area contributed by atoms with E-state index in [4.69, 9.17) is 17.0 Å². The maximum atomic E-state index is 12.2. The van der Waals surface area contributed by atoms with Gasteiger partial charge in [0, 0.05) is 22.2 Å². The average Bonchev–Trinajstić information content (AvgIpc) is 2.74. The van der Waals surface area contributed by atoms with Crippen molar-refractivity contribution in [2.24, 2.45) is 0 Å². The summed E-state index contributed by atoms with van der Waals surface area (Å²) in [6, 6.07) is 5.82. The Morgan fingerprint density at radius 2 is 1.87 bits per heavy atom. The first kappa shape index (κ1) is 22.9. The van der Waals surface area contributed by atoms with E-state index in [1.807, 2.05) is 0 Å². The van der Waals surface area contributed by atoms with Crippen LogP contribution >= 0.6 is 12.2 Å². The maximum absolute atomic E-state index is 12.2. The molecule has 0 radical (unpaired) electrons. The topological polar surface area (TPSA) is 152 Å². The van der Waals surface area contributed by atoms with E-state index in [0.717, 1.165) is 0 Å². The molecule has 2 heterocycles. The fourth-order valence-corrected chi connectivity index (χ4v) is 4.09. The van der Waals surface area contributed by atoms with Crippen molar-refractivity contribution in [1.29, 1.82) is 0 Å². The van der Waals surface area contributed by atoms with Crippen molar-refractivity contribution in [2.75, 3.05) is 6.61 Å². The molecule has 1 fully saturated rings. The molecule has 2 aliphatic heterocycles. The van der Waals surface area contributed by atoms with Gasteiger partial charge in [-0.25, -0.2) is 0 Å². The summed E-state index contributed by atoms with van der Waals surface area (Å²) in [6.45, 7) is 2.61. The summed E-state index contributed by atoms with van der Waals surface area (Å²) in [4.78, 5) is 12.2. The fourth-order valence-electron chi connectivity index (χ4n) is 3.94. The van der Waals surface area contributed by atoms with Crippen LogP contribution in [0.15, 0.2) is 35.5 Å². The lowest BCUT2D eigenvalue weighted by atomic mass is 9.86. The summed E-state index contributed by atoms with van der Waals surface area (Å²) in [5, 5.41) is 58.4. The van der Waals surface area contributed by atoms with Gasteiger partial charge in [-0.15, -0.1) is 0 Å². The minimum absolute atomic E-state index is 0.114. The fraction of sp³-hybridized carbons (Fsp3) is 0.500. The van der Waals surface area contributed by atoms with E-state index in [-0.39, 0.29) is 17.5 Å². The normalized spacial score (nSPS) is 36.9. The summed E-state index contributed by atoms with van der Waals surface area (Å²) in [7, 11) is 0. The van der Waals surface area contributed by atoms with Gasteiger partial charge in [0.15, 0.2) is 5.78 Å². The zero-order valence-electron chi connectivity index (χ0n) is 16.5. The molecular formula is C20H26N2O7S. The molecule has 0 aromatic heterocycles. The van der Waals surface area contributed by atoms with Gasteiger partial charge in [-0.05, 0) is 19.4 Å². The van der Waals surface area contributed by atoms with E-state index < -0.39 is 42.9 Å². The standard InChI is InChI=1S/C20H26N2O7S/c1-9-15(10(2)24)16(22-14(8-30)21-9)11-3-5-12(6-4-11)20(28)19(27)18(26)17(25)13(7-23)29-20/h3-6,8,13-14,16-19,21-23,25-28H,7H2,1-2H3/t13-,14?,16?,17-,18-,19-,20-/m1/s1. The lowest BCUT2D eigenvalue weighted by molar-refractivity contribution is -0.357. The summed E-state index contributed by atoms with van der Waals surface area (Å²) < 4.78 is 5.34. The number of Topliss-reactive ketones (excluding diaryl/α,β-unsaturated/α-hetero) is 1. The smallest absolute Gasteiger partial charge is 0.222 e. The number of thiocarbonyl (C=S) groups is 1. The van der Waals surface area contributed by atoms with E-state index in [1.165, 1.54) is 24.4 Å². The summed E-state index contributed by atoms with van der Waals surface area (Å²) in [5.74, 6) is -2.45. The van der Waals surface area contributed by atoms with Crippen LogP contribution in [0.1, 0.15) is 31.0 Å². The van der Waals surface area contributed by atoms with Crippen LogP contribution in [0.3, 0.4) is 0 Å². The SMILES string of the molecule is CC(=O)C1=C(C)NC(C=S)NC1c1ccc([C@@]2(O)O[C@H](CO)[C@@H](O)[C@@H](O)[C@H]2O)cc1. The maximum Gasteiger partial charge on any atom is 0.222 e. The zero-order chi connectivity index (χ0) is 22.2. The third kappa shape index (κ3) is 3.93. The molecular weight excluding hydrogens is 412 g/mol.